The van der Waals surface area contributed by atoms with Gasteiger partial charge in [-0.2, -0.15) is 0 Å². The first-order valence-electron chi connectivity index (χ1n) is 6.80. The molecule has 0 aliphatic carbocycles. The number of benzene rings is 2. The van der Waals surface area contributed by atoms with Crippen molar-refractivity contribution in [2.24, 2.45) is 0 Å². The zero-order valence-electron chi connectivity index (χ0n) is 12.1. The van der Waals surface area contributed by atoms with Crippen LogP contribution in [0.1, 0.15) is 11.1 Å². The zero-order valence-corrected chi connectivity index (χ0v) is 13.7. The van der Waals surface area contributed by atoms with E-state index in [2.05, 4.69) is 21.2 Å². The first-order valence-corrected chi connectivity index (χ1v) is 7.59. The number of nitrogens with one attached hydrogen (secondary N) is 1. The molecule has 0 aliphatic heterocycles. The molecule has 0 spiro atoms. The van der Waals surface area contributed by atoms with Crippen LogP contribution in [-0.2, 0) is 20.7 Å². The van der Waals surface area contributed by atoms with Gasteiger partial charge in [0.05, 0.1) is 12.1 Å². The average Bonchev–Trinajstić information content (AvgIpc) is 2.50. The number of rotatable bonds is 5. The van der Waals surface area contributed by atoms with Crippen molar-refractivity contribution in [3.05, 3.63) is 64.1 Å². The molecule has 0 atom stereocenters. The minimum absolute atomic E-state index is 0.155. The molecule has 2 aromatic carbocycles. The van der Waals surface area contributed by atoms with Crippen LogP contribution in [0.4, 0.5) is 5.69 Å². The normalized spacial score (nSPS) is 10.1. The lowest BCUT2D eigenvalue weighted by Crippen LogP contribution is -2.21. The number of ether oxygens (including phenoxy) is 1. The van der Waals surface area contributed by atoms with Gasteiger partial charge in [0.1, 0.15) is 0 Å². The highest BCUT2D eigenvalue weighted by molar-refractivity contribution is 9.10. The maximum Gasteiger partial charge on any atom is 0.310 e. The number of para-hydroxylation sites is 1. The largest absolute Gasteiger partial charge is 0.455 e. The fourth-order valence-corrected chi connectivity index (χ4v) is 2.20. The lowest BCUT2D eigenvalue weighted by Gasteiger charge is -2.08. The number of amides is 1. The van der Waals surface area contributed by atoms with Gasteiger partial charge in [0.15, 0.2) is 6.61 Å². The fraction of sp³-hybridized carbons (Fsp3) is 0.176. The van der Waals surface area contributed by atoms with Crippen LogP contribution in [0.25, 0.3) is 0 Å². The smallest absolute Gasteiger partial charge is 0.310 e. The maximum atomic E-state index is 11.8. The molecule has 22 heavy (non-hydrogen) atoms. The number of hydrogen-bond donors (Lipinski definition) is 1. The summed E-state index contributed by atoms with van der Waals surface area (Å²) in [6.07, 6.45) is 0.155. The third kappa shape index (κ3) is 5.00. The Labute approximate surface area is 137 Å². The van der Waals surface area contributed by atoms with Crippen molar-refractivity contribution in [1.29, 1.82) is 0 Å². The highest BCUT2D eigenvalue weighted by Crippen LogP contribution is 2.20. The molecule has 5 heteroatoms. The van der Waals surface area contributed by atoms with E-state index in [0.29, 0.717) is 5.69 Å². The van der Waals surface area contributed by atoms with Gasteiger partial charge in [0, 0.05) is 4.47 Å². The van der Waals surface area contributed by atoms with E-state index < -0.39 is 5.97 Å². The molecule has 0 bridgehead atoms. The SMILES string of the molecule is Cc1ccc(CC(=O)OCC(=O)Nc2ccccc2Br)cc1. The van der Waals surface area contributed by atoms with E-state index in [1.54, 1.807) is 6.07 Å². The Bertz CT molecular complexity index is 668. The number of halogens is 1. The molecule has 2 aromatic rings. The summed E-state index contributed by atoms with van der Waals surface area (Å²) in [5.41, 5.74) is 2.63. The van der Waals surface area contributed by atoms with Crippen LogP contribution >= 0.6 is 15.9 Å². The van der Waals surface area contributed by atoms with Gasteiger partial charge in [-0.15, -0.1) is 0 Å². The molecule has 114 valence electrons. The number of aryl methyl sites for hydroxylation is 1. The molecule has 0 aromatic heterocycles. The Hall–Kier alpha value is -2.14. The summed E-state index contributed by atoms with van der Waals surface area (Å²) >= 11 is 3.33. The number of carbonyl (C=O) groups is 2. The fourth-order valence-electron chi connectivity index (χ4n) is 1.82. The van der Waals surface area contributed by atoms with E-state index in [9.17, 15) is 9.59 Å². The van der Waals surface area contributed by atoms with Crippen molar-refractivity contribution >= 4 is 33.5 Å². The van der Waals surface area contributed by atoms with E-state index >= 15 is 0 Å². The van der Waals surface area contributed by atoms with E-state index in [1.807, 2.05) is 49.4 Å². The first kappa shape index (κ1) is 16.2. The Balaban J connectivity index is 1.79. The molecule has 0 saturated carbocycles. The Morgan fingerprint density at radius 2 is 1.77 bits per heavy atom. The lowest BCUT2D eigenvalue weighted by molar-refractivity contribution is -0.146. The predicted octanol–water partition coefficient (Wildman–Crippen LogP) is 3.48. The van der Waals surface area contributed by atoms with Crippen LogP contribution in [0.3, 0.4) is 0 Å². The summed E-state index contributed by atoms with van der Waals surface area (Å²) in [5, 5.41) is 2.67. The molecule has 2 rings (SSSR count). The highest BCUT2D eigenvalue weighted by Gasteiger charge is 2.10. The van der Waals surface area contributed by atoms with Crippen LogP contribution in [-0.4, -0.2) is 18.5 Å². The second-order valence-electron chi connectivity index (χ2n) is 4.85. The van der Waals surface area contributed by atoms with Crippen LogP contribution in [0.5, 0.6) is 0 Å². The van der Waals surface area contributed by atoms with E-state index in [4.69, 9.17) is 4.74 Å². The zero-order chi connectivity index (χ0) is 15.9. The van der Waals surface area contributed by atoms with Crippen molar-refractivity contribution in [2.75, 3.05) is 11.9 Å². The van der Waals surface area contributed by atoms with Gasteiger partial charge in [0.25, 0.3) is 5.91 Å². The third-order valence-corrected chi connectivity index (χ3v) is 3.67. The molecular formula is C17H16BrNO3. The quantitative estimate of drug-likeness (QED) is 0.829. The number of esters is 1. The molecular weight excluding hydrogens is 346 g/mol. The summed E-state index contributed by atoms with van der Waals surface area (Å²) in [4.78, 5) is 23.5. The monoisotopic (exact) mass is 361 g/mol. The van der Waals surface area contributed by atoms with Gasteiger partial charge in [-0.25, -0.2) is 0 Å². The second kappa shape index (κ2) is 7.75. The number of carbonyl (C=O) groups excluding carboxylic acids is 2. The van der Waals surface area contributed by atoms with Crippen molar-refractivity contribution in [3.63, 3.8) is 0 Å². The molecule has 1 N–H and O–H groups in total. The molecule has 0 unspecified atom stereocenters. The minimum atomic E-state index is -0.425. The summed E-state index contributed by atoms with van der Waals surface area (Å²) < 4.78 is 5.76. The van der Waals surface area contributed by atoms with Crippen LogP contribution < -0.4 is 5.32 Å². The van der Waals surface area contributed by atoms with E-state index in [0.717, 1.165) is 15.6 Å². The summed E-state index contributed by atoms with van der Waals surface area (Å²) in [7, 11) is 0. The van der Waals surface area contributed by atoms with E-state index in [1.165, 1.54) is 0 Å². The van der Waals surface area contributed by atoms with Crippen LogP contribution in [0.2, 0.25) is 0 Å². The van der Waals surface area contributed by atoms with Crippen molar-refractivity contribution in [3.8, 4) is 0 Å². The average molecular weight is 362 g/mol. The first-order chi connectivity index (χ1) is 10.5. The Kier molecular flexibility index (Phi) is 5.72. The predicted molar refractivity (Wildman–Crippen MR) is 88.6 cm³/mol. The Morgan fingerprint density at radius 3 is 2.45 bits per heavy atom. The summed E-state index contributed by atoms with van der Waals surface area (Å²) in [5.74, 6) is -0.796. The highest BCUT2D eigenvalue weighted by atomic mass is 79.9. The molecule has 0 saturated heterocycles. The van der Waals surface area contributed by atoms with Crippen LogP contribution in [0, 0.1) is 6.92 Å². The molecule has 4 nitrogen and oxygen atoms in total. The van der Waals surface area contributed by atoms with Gasteiger partial charge in [0.2, 0.25) is 0 Å². The standard InChI is InChI=1S/C17H16BrNO3/c1-12-6-8-13(9-7-12)10-17(21)22-11-16(20)19-15-5-3-2-4-14(15)18/h2-9H,10-11H2,1H3,(H,19,20). The van der Waals surface area contributed by atoms with Gasteiger partial charge in [-0.05, 0) is 40.5 Å². The third-order valence-electron chi connectivity index (χ3n) is 2.98. The summed E-state index contributed by atoms with van der Waals surface area (Å²) in [6.45, 7) is 1.68. The molecule has 0 heterocycles. The van der Waals surface area contributed by atoms with Crippen molar-refractivity contribution in [1.82, 2.24) is 0 Å². The van der Waals surface area contributed by atoms with Crippen molar-refractivity contribution < 1.29 is 14.3 Å². The molecule has 0 fully saturated rings. The topological polar surface area (TPSA) is 55.4 Å². The minimum Gasteiger partial charge on any atom is -0.455 e. The second-order valence-corrected chi connectivity index (χ2v) is 5.71. The van der Waals surface area contributed by atoms with E-state index in [-0.39, 0.29) is 18.9 Å². The van der Waals surface area contributed by atoms with Crippen molar-refractivity contribution in [2.45, 2.75) is 13.3 Å². The number of anilines is 1. The molecule has 0 aliphatic rings. The number of hydrogen-bond acceptors (Lipinski definition) is 3. The maximum absolute atomic E-state index is 11.8. The Morgan fingerprint density at radius 1 is 1.09 bits per heavy atom. The lowest BCUT2D eigenvalue weighted by atomic mass is 10.1. The molecule has 1 amide bonds. The summed E-state index contributed by atoms with van der Waals surface area (Å²) in [6, 6.07) is 14.8. The van der Waals surface area contributed by atoms with Crippen LogP contribution in [0.15, 0.2) is 53.0 Å². The van der Waals surface area contributed by atoms with Gasteiger partial charge >= 0.3 is 5.97 Å². The van der Waals surface area contributed by atoms with Gasteiger partial charge in [-0.1, -0.05) is 42.0 Å². The molecule has 0 radical (unpaired) electrons. The van der Waals surface area contributed by atoms with Gasteiger partial charge < -0.3 is 10.1 Å². The van der Waals surface area contributed by atoms with Gasteiger partial charge in [-0.3, -0.25) is 9.59 Å².